The topological polar surface area (TPSA) is 72.8 Å². The molecule has 0 aromatic heterocycles. The number of aliphatic hydroxyl groups excluding tert-OH is 2. The van der Waals surface area contributed by atoms with Crippen molar-refractivity contribution in [3.8, 4) is 0 Å². The molecule has 1 aromatic rings. The van der Waals surface area contributed by atoms with Crippen LogP contribution in [-0.2, 0) is 4.79 Å². The summed E-state index contributed by atoms with van der Waals surface area (Å²) in [5.74, 6) is -0.193. The Bertz CT molecular complexity index is 471. The van der Waals surface area contributed by atoms with Crippen molar-refractivity contribution in [3.63, 3.8) is 0 Å². The number of anilines is 1. The highest BCUT2D eigenvalue weighted by Gasteiger charge is 2.30. The number of benzene rings is 1. The second-order valence-electron chi connectivity index (χ2n) is 4.84. The van der Waals surface area contributed by atoms with E-state index in [1.807, 2.05) is 13.0 Å². The molecule has 1 amide bonds. The van der Waals surface area contributed by atoms with Crippen LogP contribution in [0.3, 0.4) is 0 Å². The van der Waals surface area contributed by atoms with Crippen molar-refractivity contribution in [3.05, 3.63) is 28.8 Å². The summed E-state index contributed by atoms with van der Waals surface area (Å²) in [6.07, 6.45) is -1.55. The Balaban J connectivity index is 1.89. The first kappa shape index (κ1) is 14.3. The lowest BCUT2D eigenvalue weighted by molar-refractivity contribution is -0.117. The molecule has 5 nitrogen and oxygen atoms in total. The van der Waals surface area contributed by atoms with E-state index < -0.39 is 12.2 Å². The molecule has 2 rings (SSSR count). The summed E-state index contributed by atoms with van der Waals surface area (Å²) in [6.45, 7) is 2.65. The van der Waals surface area contributed by atoms with Gasteiger partial charge in [-0.15, -0.1) is 0 Å². The summed E-state index contributed by atoms with van der Waals surface area (Å²) < 4.78 is 0. The SMILES string of the molecule is Cc1ccc(NC(=O)CN2C[C@@H](O)[C@@H](O)C2)cc1Cl. The molecule has 0 spiro atoms. The molecule has 104 valence electrons. The normalized spacial score (nSPS) is 23.6. The molecule has 1 fully saturated rings. The van der Waals surface area contributed by atoms with E-state index in [0.29, 0.717) is 23.8 Å². The first-order valence-corrected chi connectivity index (χ1v) is 6.48. The lowest BCUT2D eigenvalue weighted by Crippen LogP contribution is -2.32. The van der Waals surface area contributed by atoms with Gasteiger partial charge in [0.05, 0.1) is 18.8 Å². The second-order valence-corrected chi connectivity index (χ2v) is 5.25. The van der Waals surface area contributed by atoms with Crippen LogP contribution in [0.25, 0.3) is 0 Å². The first-order valence-electron chi connectivity index (χ1n) is 6.10. The summed E-state index contributed by atoms with van der Waals surface area (Å²) in [6, 6.07) is 5.32. The minimum atomic E-state index is -0.776. The van der Waals surface area contributed by atoms with Gasteiger partial charge in [0.1, 0.15) is 0 Å². The van der Waals surface area contributed by atoms with Crippen molar-refractivity contribution >= 4 is 23.2 Å². The van der Waals surface area contributed by atoms with Crippen LogP contribution < -0.4 is 5.32 Å². The molecule has 1 heterocycles. The molecule has 19 heavy (non-hydrogen) atoms. The highest BCUT2D eigenvalue weighted by atomic mass is 35.5. The maximum Gasteiger partial charge on any atom is 0.238 e. The number of hydrogen-bond acceptors (Lipinski definition) is 4. The van der Waals surface area contributed by atoms with Gasteiger partial charge in [-0.3, -0.25) is 9.69 Å². The van der Waals surface area contributed by atoms with Crippen LogP contribution in [-0.4, -0.2) is 52.9 Å². The zero-order chi connectivity index (χ0) is 14.0. The number of amides is 1. The van der Waals surface area contributed by atoms with Crippen molar-refractivity contribution in [1.29, 1.82) is 0 Å². The lowest BCUT2D eigenvalue weighted by atomic mass is 10.2. The Hall–Kier alpha value is -1.14. The van der Waals surface area contributed by atoms with E-state index in [2.05, 4.69) is 5.32 Å². The Morgan fingerprint density at radius 3 is 2.63 bits per heavy atom. The molecule has 0 saturated carbocycles. The molecule has 1 aliphatic heterocycles. The predicted molar refractivity (Wildman–Crippen MR) is 73.3 cm³/mol. The fourth-order valence-electron chi connectivity index (χ4n) is 2.05. The molecular weight excluding hydrogens is 268 g/mol. The molecule has 1 saturated heterocycles. The third kappa shape index (κ3) is 3.67. The van der Waals surface area contributed by atoms with Crippen LogP contribution in [0.2, 0.25) is 5.02 Å². The van der Waals surface area contributed by atoms with Gasteiger partial charge in [-0.05, 0) is 24.6 Å². The largest absolute Gasteiger partial charge is 0.389 e. The van der Waals surface area contributed by atoms with Gasteiger partial charge in [-0.1, -0.05) is 17.7 Å². The van der Waals surface area contributed by atoms with Crippen molar-refractivity contribution in [2.24, 2.45) is 0 Å². The molecular formula is C13H17ClN2O3. The van der Waals surface area contributed by atoms with E-state index in [1.165, 1.54) is 0 Å². The molecule has 3 N–H and O–H groups in total. The van der Waals surface area contributed by atoms with Gasteiger partial charge in [0.2, 0.25) is 5.91 Å². The Labute approximate surface area is 116 Å². The van der Waals surface area contributed by atoms with Crippen LogP contribution in [0.4, 0.5) is 5.69 Å². The van der Waals surface area contributed by atoms with Crippen LogP contribution in [0, 0.1) is 6.92 Å². The summed E-state index contributed by atoms with van der Waals surface area (Å²) >= 11 is 5.98. The monoisotopic (exact) mass is 284 g/mol. The summed E-state index contributed by atoms with van der Waals surface area (Å²) in [5, 5.41) is 22.1. The third-order valence-corrected chi connectivity index (χ3v) is 3.56. The fraction of sp³-hybridized carbons (Fsp3) is 0.462. The standard InChI is InChI=1S/C13H17ClN2O3/c1-8-2-3-9(4-10(8)14)15-13(19)7-16-5-11(17)12(18)6-16/h2-4,11-12,17-18H,5-7H2,1H3,(H,15,19)/t11-,12+. The highest BCUT2D eigenvalue weighted by molar-refractivity contribution is 6.31. The number of rotatable bonds is 3. The summed E-state index contributed by atoms with van der Waals surface area (Å²) in [5.41, 5.74) is 1.59. The maximum absolute atomic E-state index is 11.8. The van der Waals surface area contributed by atoms with Crippen LogP contribution in [0.15, 0.2) is 18.2 Å². The van der Waals surface area contributed by atoms with E-state index in [9.17, 15) is 15.0 Å². The van der Waals surface area contributed by atoms with Crippen molar-refractivity contribution in [2.75, 3.05) is 25.0 Å². The van der Waals surface area contributed by atoms with E-state index >= 15 is 0 Å². The number of halogens is 1. The van der Waals surface area contributed by atoms with Gasteiger partial charge in [-0.2, -0.15) is 0 Å². The minimum Gasteiger partial charge on any atom is -0.389 e. The molecule has 6 heteroatoms. The number of carbonyl (C=O) groups excluding carboxylic acids is 1. The van der Waals surface area contributed by atoms with Gasteiger partial charge < -0.3 is 15.5 Å². The Kier molecular flexibility index (Phi) is 4.42. The number of aryl methyl sites for hydroxylation is 1. The average molecular weight is 285 g/mol. The number of likely N-dealkylation sites (tertiary alicyclic amines) is 1. The van der Waals surface area contributed by atoms with Crippen molar-refractivity contribution < 1.29 is 15.0 Å². The fourth-order valence-corrected chi connectivity index (χ4v) is 2.23. The Morgan fingerprint density at radius 2 is 2.05 bits per heavy atom. The summed E-state index contributed by atoms with van der Waals surface area (Å²) in [4.78, 5) is 13.5. The maximum atomic E-state index is 11.8. The predicted octanol–water partition coefficient (Wildman–Crippen LogP) is 0.624. The first-order chi connectivity index (χ1) is 8.95. The van der Waals surface area contributed by atoms with E-state index in [0.717, 1.165) is 5.56 Å². The number of aliphatic hydroxyl groups is 2. The van der Waals surface area contributed by atoms with Crippen molar-refractivity contribution in [2.45, 2.75) is 19.1 Å². The molecule has 0 unspecified atom stereocenters. The van der Waals surface area contributed by atoms with Gasteiger partial charge >= 0.3 is 0 Å². The molecule has 0 radical (unpaired) electrons. The third-order valence-electron chi connectivity index (χ3n) is 3.16. The zero-order valence-corrected chi connectivity index (χ0v) is 11.4. The van der Waals surface area contributed by atoms with E-state index in [1.54, 1.807) is 17.0 Å². The van der Waals surface area contributed by atoms with Gasteiger partial charge in [0.15, 0.2) is 0 Å². The zero-order valence-electron chi connectivity index (χ0n) is 10.6. The highest BCUT2D eigenvalue weighted by Crippen LogP contribution is 2.20. The van der Waals surface area contributed by atoms with Crippen molar-refractivity contribution in [1.82, 2.24) is 4.90 Å². The quantitative estimate of drug-likeness (QED) is 0.761. The lowest BCUT2D eigenvalue weighted by Gasteiger charge is -2.14. The second kappa shape index (κ2) is 5.88. The average Bonchev–Trinajstić information content (AvgIpc) is 2.63. The number of hydrogen-bond donors (Lipinski definition) is 3. The molecule has 0 bridgehead atoms. The van der Waals surface area contributed by atoms with Crippen LogP contribution in [0.1, 0.15) is 5.56 Å². The summed E-state index contributed by atoms with van der Waals surface area (Å²) in [7, 11) is 0. The number of β-amino-alcohol motifs (C(OH)–C–C–N with tert-alkyl or cyclic N) is 2. The number of nitrogens with zero attached hydrogens (tertiary/aromatic N) is 1. The number of nitrogens with one attached hydrogen (secondary N) is 1. The van der Waals surface area contributed by atoms with E-state index in [-0.39, 0.29) is 12.5 Å². The van der Waals surface area contributed by atoms with Gasteiger partial charge in [0, 0.05) is 23.8 Å². The molecule has 1 aliphatic rings. The van der Waals surface area contributed by atoms with Gasteiger partial charge in [0.25, 0.3) is 0 Å². The molecule has 2 atom stereocenters. The number of carbonyl (C=O) groups is 1. The Morgan fingerprint density at radius 1 is 1.42 bits per heavy atom. The molecule has 1 aromatic carbocycles. The molecule has 0 aliphatic carbocycles. The van der Waals surface area contributed by atoms with Crippen LogP contribution in [0.5, 0.6) is 0 Å². The van der Waals surface area contributed by atoms with Gasteiger partial charge in [-0.25, -0.2) is 0 Å². The minimum absolute atomic E-state index is 0.139. The smallest absolute Gasteiger partial charge is 0.238 e. The van der Waals surface area contributed by atoms with E-state index in [4.69, 9.17) is 11.6 Å². The van der Waals surface area contributed by atoms with Crippen LogP contribution >= 0.6 is 11.6 Å².